The van der Waals surface area contributed by atoms with Crippen LogP contribution >= 0.6 is 0 Å². The predicted octanol–water partition coefficient (Wildman–Crippen LogP) is 0.960. The van der Waals surface area contributed by atoms with E-state index in [2.05, 4.69) is 29.3 Å². The fraction of sp³-hybridized carbons (Fsp3) is 0.562. The van der Waals surface area contributed by atoms with E-state index in [4.69, 9.17) is 10.5 Å². The van der Waals surface area contributed by atoms with Gasteiger partial charge in [-0.15, -0.1) is 0 Å². The van der Waals surface area contributed by atoms with Gasteiger partial charge < -0.3 is 15.8 Å². The molecule has 0 spiro atoms. The summed E-state index contributed by atoms with van der Waals surface area (Å²) < 4.78 is 5.35. The van der Waals surface area contributed by atoms with Crippen LogP contribution in [0, 0.1) is 13.8 Å². The van der Waals surface area contributed by atoms with Gasteiger partial charge >= 0.3 is 0 Å². The van der Waals surface area contributed by atoms with Crippen LogP contribution in [0.4, 0.5) is 0 Å². The molecule has 1 aromatic rings. The van der Waals surface area contributed by atoms with Crippen molar-refractivity contribution in [1.82, 2.24) is 10.2 Å². The number of benzene rings is 1. The number of nitrogens with two attached hydrogens (primary N) is 1. The number of likely N-dealkylation sites (tertiary alicyclic amines) is 1. The Morgan fingerprint density at radius 1 is 1.43 bits per heavy atom. The smallest absolute Gasteiger partial charge is 0.237 e. The largest absolute Gasteiger partial charge is 0.496 e. The zero-order valence-corrected chi connectivity index (χ0v) is 13.3. The number of amides is 1. The topological polar surface area (TPSA) is 67.6 Å². The molecule has 1 saturated heterocycles. The number of nitrogens with one attached hydrogen (secondary N) is 1. The molecule has 3 N–H and O–H groups in total. The van der Waals surface area contributed by atoms with Crippen molar-refractivity contribution in [2.75, 3.05) is 20.7 Å². The van der Waals surface area contributed by atoms with Gasteiger partial charge in [-0.05, 0) is 43.0 Å². The SMILES string of the molecule is CNC(=O)[C@@H]1C[C@H](N)CN1Cc1cc(C)c(OC)cc1C. The molecule has 1 fully saturated rings. The minimum absolute atomic E-state index is 0.0471. The molecule has 0 unspecified atom stereocenters. The number of likely N-dealkylation sites (N-methyl/N-ethyl adjacent to an activating group) is 1. The van der Waals surface area contributed by atoms with Gasteiger partial charge in [-0.1, -0.05) is 6.07 Å². The van der Waals surface area contributed by atoms with Crippen LogP contribution < -0.4 is 15.8 Å². The molecule has 0 aromatic heterocycles. The highest BCUT2D eigenvalue weighted by Gasteiger charge is 2.34. The van der Waals surface area contributed by atoms with Gasteiger partial charge in [-0.2, -0.15) is 0 Å². The summed E-state index contributed by atoms with van der Waals surface area (Å²) >= 11 is 0. The van der Waals surface area contributed by atoms with E-state index in [0.717, 1.165) is 24.4 Å². The first-order chi connectivity index (χ1) is 9.96. The standard InChI is InChI=1S/C16H25N3O2/c1-10-6-15(21-4)11(2)5-12(10)8-19-9-13(17)7-14(19)16(20)18-3/h5-6,13-14H,7-9,17H2,1-4H3,(H,18,20)/t13-,14-/m0/s1. The van der Waals surface area contributed by atoms with E-state index in [1.165, 1.54) is 11.1 Å². The lowest BCUT2D eigenvalue weighted by Gasteiger charge is -2.24. The van der Waals surface area contributed by atoms with Crippen molar-refractivity contribution in [3.8, 4) is 5.75 Å². The van der Waals surface area contributed by atoms with Crippen molar-refractivity contribution in [3.05, 3.63) is 28.8 Å². The summed E-state index contributed by atoms with van der Waals surface area (Å²) in [7, 11) is 3.36. The van der Waals surface area contributed by atoms with Gasteiger partial charge in [0.2, 0.25) is 5.91 Å². The number of aryl methyl sites for hydroxylation is 2. The molecule has 5 nitrogen and oxygen atoms in total. The molecule has 116 valence electrons. The fourth-order valence-electron chi connectivity index (χ4n) is 3.01. The molecule has 2 atom stereocenters. The van der Waals surface area contributed by atoms with Crippen LogP contribution in [0.3, 0.4) is 0 Å². The molecule has 21 heavy (non-hydrogen) atoms. The van der Waals surface area contributed by atoms with Crippen molar-refractivity contribution < 1.29 is 9.53 Å². The fourth-order valence-corrected chi connectivity index (χ4v) is 3.01. The Balaban J connectivity index is 2.20. The molecular weight excluding hydrogens is 266 g/mol. The van der Waals surface area contributed by atoms with Crippen molar-refractivity contribution in [3.63, 3.8) is 0 Å². The lowest BCUT2D eigenvalue weighted by molar-refractivity contribution is -0.125. The molecule has 0 bridgehead atoms. The van der Waals surface area contributed by atoms with Gasteiger partial charge in [0.05, 0.1) is 13.2 Å². The van der Waals surface area contributed by atoms with Crippen molar-refractivity contribution in [1.29, 1.82) is 0 Å². The normalized spacial score (nSPS) is 22.3. The van der Waals surface area contributed by atoms with Gasteiger partial charge in [-0.3, -0.25) is 9.69 Å². The van der Waals surface area contributed by atoms with Crippen LogP contribution in [-0.2, 0) is 11.3 Å². The van der Waals surface area contributed by atoms with E-state index in [9.17, 15) is 4.79 Å². The molecule has 1 aliphatic rings. The second-order valence-corrected chi connectivity index (χ2v) is 5.80. The minimum atomic E-state index is -0.133. The minimum Gasteiger partial charge on any atom is -0.496 e. The monoisotopic (exact) mass is 291 g/mol. The van der Waals surface area contributed by atoms with Gasteiger partial charge in [0.15, 0.2) is 0 Å². The number of methoxy groups -OCH3 is 1. The van der Waals surface area contributed by atoms with E-state index < -0.39 is 0 Å². The summed E-state index contributed by atoms with van der Waals surface area (Å²) in [6, 6.07) is 4.12. The van der Waals surface area contributed by atoms with Gasteiger partial charge in [0.1, 0.15) is 5.75 Å². The van der Waals surface area contributed by atoms with Gasteiger partial charge in [0.25, 0.3) is 0 Å². The molecule has 1 aliphatic heterocycles. The molecule has 1 aromatic carbocycles. The van der Waals surface area contributed by atoms with E-state index in [1.807, 2.05) is 6.92 Å². The van der Waals surface area contributed by atoms with Gasteiger partial charge in [0, 0.05) is 26.2 Å². The zero-order valence-electron chi connectivity index (χ0n) is 13.3. The molecule has 1 heterocycles. The van der Waals surface area contributed by atoms with Crippen molar-refractivity contribution in [2.24, 2.45) is 5.73 Å². The molecule has 0 saturated carbocycles. The average molecular weight is 291 g/mol. The number of hydrogen-bond donors (Lipinski definition) is 2. The summed E-state index contributed by atoms with van der Waals surface area (Å²) in [5, 5.41) is 2.73. The van der Waals surface area contributed by atoms with E-state index in [-0.39, 0.29) is 18.0 Å². The average Bonchev–Trinajstić information content (AvgIpc) is 2.82. The van der Waals surface area contributed by atoms with Crippen LogP contribution in [-0.4, -0.2) is 43.6 Å². The molecule has 5 heteroatoms. The molecule has 2 rings (SSSR count). The first-order valence-corrected chi connectivity index (χ1v) is 7.31. The number of carbonyl (C=O) groups excluding carboxylic acids is 1. The number of carbonyl (C=O) groups is 1. The molecule has 0 radical (unpaired) electrons. The van der Waals surface area contributed by atoms with E-state index >= 15 is 0 Å². The van der Waals surface area contributed by atoms with Gasteiger partial charge in [-0.25, -0.2) is 0 Å². The third kappa shape index (κ3) is 3.36. The Morgan fingerprint density at radius 3 is 2.76 bits per heavy atom. The number of hydrogen-bond acceptors (Lipinski definition) is 4. The van der Waals surface area contributed by atoms with Crippen LogP contribution in [0.1, 0.15) is 23.1 Å². The summed E-state index contributed by atoms with van der Waals surface area (Å²) in [4.78, 5) is 14.1. The lowest BCUT2D eigenvalue weighted by atomic mass is 10.0. The molecule has 0 aliphatic carbocycles. The number of ether oxygens (including phenoxy) is 1. The quantitative estimate of drug-likeness (QED) is 0.867. The molecule has 1 amide bonds. The van der Waals surface area contributed by atoms with Crippen LogP contribution in [0.5, 0.6) is 5.75 Å². The van der Waals surface area contributed by atoms with E-state index in [1.54, 1.807) is 14.2 Å². The first kappa shape index (κ1) is 15.8. The maximum atomic E-state index is 12.0. The number of rotatable bonds is 4. The first-order valence-electron chi connectivity index (χ1n) is 7.31. The Morgan fingerprint density at radius 2 is 2.14 bits per heavy atom. The van der Waals surface area contributed by atoms with Crippen molar-refractivity contribution in [2.45, 2.75) is 38.9 Å². The van der Waals surface area contributed by atoms with Crippen LogP contribution in [0.2, 0.25) is 0 Å². The number of nitrogens with zero attached hydrogens (tertiary/aromatic N) is 1. The van der Waals surface area contributed by atoms with E-state index in [0.29, 0.717) is 6.42 Å². The summed E-state index contributed by atoms with van der Waals surface area (Å²) in [5.74, 6) is 0.947. The van der Waals surface area contributed by atoms with Crippen LogP contribution in [0.25, 0.3) is 0 Å². The maximum absolute atomic E-state index is 12.0. The Kier molecular flexibility index (Phi) is 4.85. The highest BCUT2D eigenvalue weighted by atomic mass is 16.5. The zero-order chi connectivity index (χ0) is 15.6. The lowest BCUT2D eigenvalue weighted by Crippen LogP contribution is -2.41. The van der Waals surface area contributed by atoms with Crippen LogP contribution in [0.15, 0.2) is 12.1 Å². The second-order valence-electron chi connectivity index (χ2n) is 5.80. The highest BCUT2D eigenvalue weighted by Crippen LogP contribution is 2.26. The third-order valence-electron chi connectivity index (χ3n) is 4.21. The summed E-state index contributed by atoms with van der Waals surface area (Å²) in [6.07, 6.45) is 0.716. The summed E-state index contributed by atoms with van der Waals surface area (Å²) in [6.45, 7) is 5.60. The maximum Gasteiger partial charge on any atom is 0.237 e. The van der Waals surface area contributed by atoms with Crippen molar-refractivity contribution >= 4 is 5.91 Å². The Hall–Kier alpha value is -1.59. The Bertz CT molecular complexity index is 530. The second kappa shape index (κ2) is 6.45. The third-order valence-corrected chi connectivity index (χ3v) is 4.21. The highest BCUT2D eigenvalue weighted by molar-refractivity contribution is 5.81. The molecular formula is C16H25N3O2. The predicted molar refractivity (Wildman–Crippen MR) is 83.3 cm³/mol. The Labute approximate surface area is 126 Å². The summed E-state index contributed by atoms with van der Waals surface area (Å²) in [5.41, 5.74) is 9.54.